The monoisotopic (exact) mass is 379 g/mol. The first-order valence-corrected chi connectivity index (χ1v) is 9.22. The Balaban J connectivity index is 1.69. The van der Waals surface area contributed by atoms with E-state index in [9.17, 15) is 14.0 Å². The summed E-state index contributed by atoms with van der Waals surface area (Å²) in [6.07, 6.45) is 1.43. The number of nitrogens with one attached hydrogen (secondary N) is 2. The number of carbonyl (C=O) groups is 2. The number of hydrogen-bond acceptors (Lipinski definition) is 4. The first-order valence-electron chi connectivity index (χ1n) is 7.99. The summed E-state index contributed by atoms with van der Waals surface area (Å²) in [6.45, 7) is 2.31. The van der Waals surface area contributed by atoms with E-state index in [0.717, 1.165) is 10.6 Å². The molecule has 1 aliphatic heterocycles. The average Bonchev–Trinajstić information content (AvgIpc) is 2.87. The molecule has 2 heterocycles. The highest BCUT2D eigenvalue weighted by Crippen LogP contribution is 2.24. The van der Waals surface area contributed by atoms with Crippen molar-refractivity contribution in [3.05, 3.63) is 44.6 Å². The van der Waals surface area contributed by atoms with Crippen molar-refractivity contribution in [3.63, 3.8) is 0 Å². The quantitative estimate of drug-likeness (QED) is 0.803. The molecule has 1 aromatic carbocycles. The van der Waals surface area contributed by atoms with Gasteiger partial charge in [-0.3, -0.25) is 9.59 Å². The number of piperidine rings is 1. The van der Waals surface area contributed by atoms with Crippen LogP contribution in [0.5, 0.6) is 0 Å². The van der Waals surface area contributed by atoms with Gasteiger partial charge in [-0.15, -0.1) is 11.3 Å². The van der Waals surface area contributed by atoms with Crippen molar-refractivity contribution in [1.82, 2.24) is 10.3 Å². The van der Waals surface area contributed by atoms with Crippen LogP contribution in [-0.2, 0) is 16.0 Å². The highest BCUT2D eigenvalue weighted by Gasteiger charge is 2.32. The van der Waals surface area contributed by atoms with E-state index >= 15 is 0 Å². The minimum Gasteiger partial charge on any atom is -0.344 e. The summed E-state index contributed by atoms with van der Waals surface area (Å²) in [4.78, 5) is 30.2. The van der Waals surface area contributed by atoms with E-state index in [2.05, 4.69) is 10.3 Å². The van der Waals surface area contributed by atoms with Gasteiger partial charge in [0, 0.05) is 17.1 Å². The molecule has 2 amide bonds. The molecule has 0 spiro atoms. The maximum absolute atomic E-state index is 14.0. The predicted molar refractivity (Wildman–Crippen MR) is 97.9 cm³/mol. The van der Waals surface area contributed by atoms with Gasteiger partial charge in [-0.05, 0) is 44.1 Å². The normalized spacial score (nSPS) is 17.6. The van der Waals surface area contributed by atoms with Crippen LogP contribution in [-0.4, -0.2) is 29.4 Å². The second-order valence-corrected chi connectivity index (χ2v) is 7.71. The van der Waals surface area contributed by atoms with E-state index in [1.54, 1.807) is 18.2 Å². The number of benzene rings is 1. The Kier molecular flexibility index (Phi) is 5.29. The van der Waals surface area contributed by atoms with Gasteiger partial charge in [0.15, 0.2) is 3.95 Å². The molecule has 132 valence electrons. The summed E-state index contributed by atoms with van der Waals surface area (Å²) in [7, 11) is 0. The number of rotatable bonds is 4. The Morgan fingerprint density at radius 3 is 2.92 bits per heavy atom. The first-order chi connectivity index (χ1) is 12.0. The lowest BCUT2D eigenvalue weighted by molar-refractivity contribution is -0.128. The molecule has 0 radical (unpaired) electrons. The number of aromatic amines is 1. The van der Waals surface area contributed by atoms with Crippen molar-refractivity contribution in [3.8, 4) is 0 Å². The number of anilines is 1. The number of aromatic nitrogens is 1. The standard InChI is InChI=1S/C17H18FN3O2S2/c1-10-14(25-17(24)19-10)9-15(22)20-12-6-4-8-21(16(12)23)13-7-3-2-5-11(13)18/h2-3,5,7,12H,4,6,8-9H2,1H3,(H,19,24)(H,20,22)/t12-/m1/s1. The molecule has 0 bridgehead atoms. The van der Waals surface area contributed by atoms with Crippen LogP contribution >= 0.6 is 23.6 Å². The largest absolute Gasteiger partial charge is 0.344 e. The summed E-state index contributed by atoms with van der Waals surface area (Å²) in [5.74, 6) is -0.948. The van der Waals surface area contributed by atoms with Gasteiger partial charge in [-0.2, -0.15) is 0 Å². The van der Waals surface area contributed by atoms with Crippen molar-refractivity contribution in [2.75, 3.05) is 11.4 Å². The van der Waals surface area contributed by atoms with Gasteiger partial charge in [-0.1, -0.05) is 12.1 Å². The molecule has 1 atom stereocenters. The molecule has 25 heavy (non-hydrogen) atoms. The van der Waals surface area contributed by atoms with Crippen LogP contribution in [0.2, 0.25) is 0 Å². The maximum atomic E-state index is 14.0. The number of thiazole rings is 1. The molecule has 2 aromatic rings. The molecule has 3 rings (SSSR count). The number of halogens is 1. The molecular weight excluding hydrogens is 361 g/mol. The second kappa shape index (κ2) is 7.45. The SMILES string of the molecule is Cc1[nH]c(=S)sc1CC(=O)N[C@@H]1CCCN(c2ccccc2F)C1=O. The van der Waals surface area contributed by atoms with Gasteiger partial charge in [0.2, 0.25) is 11.8 Å². The number of amides is 2. The molecular formula is C17H18FN3O2S2. The minimum absolute atomic E-state index is 0.174. The molecule has 1 aliphatic rings. The Morgan fingerprint density at radius 1 is 1.48 bits per heavy atom. The zero-order valence-electron chi connectivity index (χ0n) is 13.7. The van der Waals surface area contributed by atoms with Crippen LogP contribution in [0.15, 0.2) is 24.3 Å². The third kappa shape index (κ3) is 3.96. The second-order valence-electron chi connectivity index (χ2n) is 5.94. The molecule has 0 unspecified atom stereocenters. The van der Waals surface area contributed by atoms with Crippen LogP contribution in [0.4, 0.5) is 10.1 Å². The summed E-state index contributed by atoms with van der Waals surface area (Å²) >= 11 is 6.43. The molecule has 1 fully saturated rings. The maximum Gasteiger partial charge on any atom is 0.249 e. The Bertz CT molecular complexity index is 862. The zero-order chi connectivity index (χ0) is 18.0. The summed E-state index contributed by atoms with van der Waals surface area (Å²) in [5, 5.41) is 2.78. The number of nitrogens with zero attached hydrogens (tertiary/aromatic N) is 1. The Labute approximate surface area is 153 Å². The number of carbonyl (C=O) groups excluding carboxylic acids is 2. The van der Waals surface area contributed by atoms with Crippen LogP contribution in [0.3, 0.4) is 0 Å². The van der Waals surface area contributed by atoms with Crippen LogP contribution < -0.4 is 10.2 Å². The van der Waals surface area contributed by atoms with E-state index in [0.29, 0.717) is 23.3 Å². The van der Waals surface area contributed by atoms with Crippen LogP contribution in [0.25, 0.3) is 0 Å². The fourth-order valence-corrected chi connectivity index (χ4v) is 4.21. The average molecular weight is 379 g/mol. The van der Waals surface area contributed by atoms with Gasteiger partial charge in [0.1, 0.15) is 11.9 Å². The lowest BCUT2D eigenvalue weighted by Crippen LogP contribution is -2.53. The lowest BCUT2D eigenvalue weighted by atomic mass is 10.0. The van der Waals surface area contributed by atoms with Crippen LogP contribution in [0, 0.1) is 16.7 Å². The fraction of sp³-hybridized carbons (Fsp3) is 0.353. The van der Waals surface area contributed by atoms with Crippen molar-refractivity contribution in [2.24, 2.45) is 0 Å². The van der Waals surface area contributed by atoms with Crippen molar-refractivity contribution < 1.29 is 14.0 Å². The van der Waals surface area contributed by atoms with E-state index < -0.39 is 11.9 Å². The molecule has 0 aliphatic carbocycles. The topological polar surface area (TPSA) is 65.2 Å². The summed E-state index contributed by atoms with van der Waals surface area (Å²) in [6, 6.07) is 5.55. The molecule has 2 N–H and O–H groups in total. The van der Waals surface area contributed by atoms with Crippen molar-refractivity contribution >= 4 is 41.1 Å². The van der Waals surface area contributed by atoms with E-state index in [1.807, 2.05) is 6.92 Å². The first kappa shape index (κ1) is 17.8. The lowest BCUT2D eigenvalue weighted by Gasteiger charge is -2.32. The third-order valence-electron chi connectivity index (χ3n) is 4.16. The van der Waals surface area contributed by atoms with Gasteiger partial charge in [0.25, 0.3) is 0 Å². The predicted octanol–water partition coefficient (Wildman–Crippen LogP) is 3.11. The van der Waals surface area contributed by atoms with Crippen LogP contribution in [0.1, 0.15) is 23.4 Å². The number of aryl methyl sites for hydroxylation is 1. The third-order valence-corrected chi connectivity index (χ3v) is 5.50. The Morgan fingerprint density at radius 2 is 2.24 bits per heavy atom. The zero-order valence-corrected chi connectivity index (χ0v) is 15.3. The van der Waals surface area contributed by atoms with Gasteiger partial charge in [-0.25, -0.2) is 4.39 Å². The summed E-state index contributed by atoms with van der Waals surface area (Å²) < 4.78 is 14.6. The minimum atomic E-state index is -0.631. The fourth-order valence-electron chi connectivity index (χ4n) is 2.92. The van der Waals surface area contributed by atoms with Gasteiger partial charge < -0.3 is 15.2 Å². The van der Waals surface area contributed by atoms with Gasteiger partial charge >= 0.3 is 0 Å². The number of H-pyrrole nitrogens is 1. The van der Waals surface area contributed by atoms with Crippen molar-refractivity contribution in [1.29, 1.82) is 0 Å². The Hall–Kier alpha value is -2.06. The number of hydrogen-bond donors (Lipinski definition) is 2. The highest BCUT2D eigenvalue weighted by molar-refractivity contribution is 7.73. The molecule has 0 saturated carbocycles. The molecule has 1 saturated heterocycles. The van der Waals surface area contributed by atoms with E-state index in [1.165, 1.54) is 22.3 Å². The number of para-hydroxylation sites is 1. The van der Waals surface area contributed by atoms with Crippen molar-refractivity contribution in [2.45, 2.75) is 32.2 Å². The molecule has 5 nitrogen and oxygen atoms in total. The highest BCUT2D eigenvalue weighted by atomic mass is 32.1. The van der Waals surface area contributed by atoms with Gasteiger partial charge in [0.05, 0.1) is 12.1 Å². The molecule has 8 heteroatoms. The summed E-state index contributed by atoms with van der Waals surface area (Å²) in [5.41, 5.74) is 1.12. The molecule has 1 aromatic heterocycles. The smallest absolute Gasteiger partial charge is 0.249 e. The van der Waals surface area contributed by atoms with E-state index in [-0.39, 0.29) is 23.9 Å². The van der Waals surface area contributed by atoms with E-state index in [4.69, 9.17) is 12.2 Å².